The SMILES string of the molecule is Cc1onc(-c2c(F)cccc2Cl)c1C(=O)N1CCN(C(=O)Nc2ccc(F)cc2)CC1. The molecule has 0 saturated carbocycles. The lowest BCUT2D eigenvalue weighted by Gasteiger charge is -2.34. The van der Waals surface area contributed by atoms with Gasteiger partial charge in [0.2, 0.25) is 0 Å². The highest BCUT2D eigenvalue weighted by Crippen LogP contribution is 2.34. The molecule has 3 aromatic rings. The van der Waals surface area contributed by atoms with Crippen molar-refractivity contribution in [3.8, 4) is 11.3 Å². The van der Waals surface area contributed by atoms with Gasteiger partial charge in [-0.25, -0.2) is 13.6 Å². The van der Waals surface area contributed by atoms with Crippen molar-refractivity contribution in [2.24, 2.45) is 0 Å². The molecule has 32 heavy (non-hydrogen) atoms. The second-order valence-corrected chi connectivity index (χ2v) is 7.68. The highest BCUT2D eigenvalue weighted by atomic mass is 35.5. The summed E-state index contributed by atoms with van der Waals surface area (Å²) in [5.41, 5.74) is 0.668. The third-order valence-corrected chi connectivity index (χ3v) is 5.54. The van der Waals surface area contributed by atoms with Crippen molar-refractivity contribution in [2.45, 2.75) is 6.92 Å². The Morgan fingerprint density at radius 2 is 1.69 bits per heavy atom. The molecular weight excluding hydrogens is 442 g/mol. The van der Waals surface area contributed by atoms with Crippen LogP contribution in [0.4, 0.5) is 19.3 Å². The molecule has 0 aliphatic carbocycles. The lowest BCUT2D eigenvalue weighted by atomic mass is 10.0. The van der Waals surface area contributed by atoms with E-state index in [1.807, 2.05) is 0 Å². The predicted molar refractivity (Wildman–Crippen MR) is 115 cm³/mol. The molecule has 7 nitrogen and oxygen atoms in total. The number of benzene rings is 2. The standard InChI is InChI=1S/C22H19ClF2N4O3/c1-13-18(20(27-32-13)19-16(23)3-2-4-17(19)25)21(30)28-9-11-29(12-10-28)22(31)26-15-7-5-14(24)6-8-15/h2-8H,9-12H2,1H3,(H,26,31). The second kappa shape index (κ2) is 8.96. The highest BCUT2D eigenvalue weighted by molar-refractivity contribution is 6.33. The van der Waals surface area contributed by atoms with Crippen molar-refractivity contribution in [1.82, 2.24) is 15.0 Å². The number of aromatic nitrogens is 1. The number of carbonyl (C=O) groups excluding carboxylic acids is 2. The van der Waals surface area contributed by atoms with Crippen LogP contribution in [0.25, 0.3) is 11.3 Å². The van der Waals surface area contributed by atoms with Gasteiger partial charge in [-0.05, 0) is 43.3 Å². The first-order chi connectivity index (χ1) is 15.3. The van der Waals surface area contributed by atoms with Crippen LogP contribution >= 0.6 is 11.6 Å². The van der Waals surface area contributed by atoms with Crippen LogP contribution in [0.5, 0.6) is 0 Å². The molecule has 1 aromatic heterocycles. The topological polar surface area (TPSA) is 78.7 Å². The number of aryl methyl sites for hydroxylation is 1. The van der Waals surface area contributed by atoms with Gasteiger partial charge in [0.05, 0.1) is 10.6 Å². The van der Waals surface area contributed by atoms with Crippen molar-refractivity contribution < 1.29 is 22.9 Å². The fraction of sp³-hybridized carbons (Fsp3) is 0.227. The summed E-state index contributed by atoms with van der Waals surface area (Å²) in [5, 5.41) is 6.69. The number of amides is 3. The Labute approximate surface area is 187 Å². The fourth-order valence-electron chi connectivity index (χ4n) is 3.53. The quantitative estimate of drug-likeness (QED) is 0.621. The van der Waals surface area contributed by atoms with Crippen molar-refractivity contribution in [2.75, 3.05) is 31.5 Å². The summed E-state index contributed by atoms with van der Waals surface area (Å²) in [4.78, 5) is 28.8. The van der Waals surface area contributed by atoms with Crippen LogP contribution in [0.1, 0.15) is 16.1 Å². The smallest absolute Gasteiger partial charge is 0.321 e. The van der Waals surface area contributed by atoms with E-state index in [1.54, 1.807) is 16.7 Å². The van der Waals surface area contributed by atoms with E-state index in [0.717, 1.165) is 0 Å². The minimum Gasteiger partial charge on any atom is -0.360 e. The van der Waals surface area contributed by atoms with Crippen LogP contribution in [0.15, 0.2) is 47.0 Å². The third-order valence-electron chi connectivity index (χ3n) is 5.23. The molecule has 1 fully saturated rings. The maximum absolute atomic E-state index is 14.4. The summed E-state index contributed by atoms with van der Waals surface area (Å²) in [6.07, 6.45) is 0. The van der Waals surface area contributed by atoms with Crippen LogP contribution in [-0.2, 0) is 0 Å². The molecule has 1 aliphatic rings. The van der Waals surface area contributed by atoms with E-state index in [-0.39, 0.29) is 52.6 Å². The van der Waals surface area contributed by atoms with Crippen LogP contribution in [-0.4, -0.2) is 53.1 Å². The van der Waals surface area contributed by atoms with Crippen LogP contribution in [0.3, 0.4) is 0 Å². The minimum atomic E-state index is -0.609. The molecule has 0 bridgehead atoms. The molecule has 10 heteroatoms. The molecule has 2 aromatic carbocycles. The third kappa shape index (κ3) is 4.29. The van der Waals surface area contributed by atoms with Crippen molar-refractivity contribution in [1.29, 1.82) is 0 Å². The van der Waals surface area contributed by atoms with E-state index >= 15 is 0 Å². The summed E-state index contributed by atoms with van der Waals surface area (Å²) in [5.74, 6) is -1.13. The lowest BCUT2D eigenvalue weighted by molar-refractivity contribution is 0.0670. The van der Waals surface area contributed by atoms with Gasteiger partial charge in [-0.3, -0.25) is 4.79 Å². The normalized spacial score (nSPS) is 13.9. The summed E-state index contributed by atoms with van der Waals surface area (Å²) < 4.78 is 32.6. The molecule has 3 amide bonds. The number of carbonyl (C=O) groups is 2. The van der Waals surface area contributed by atoms with Crippen LogP contribution in [0.2, 0.25) is 5.02 Å². The molecule has 1 aliphatic heterocycles. The van der Waals surface area contributed by atoms with Crippen molar-refractivity contribution in [3.05, 3.63) is 70.4 Å². The Bertz CT molecular complexity index is 1140. The predicted octanol–water partition coefficient (Wildman–Crippen LogP) is 4.57. The van der Waals surface area contributed by atoms with Crippen molar-refractivity contribution >= 4 is 29.2 Å². The Hall–Kier alpha value is -3.46. The van der Waals surface area contributed by atoms with Gasteiger partial charge in [-0.2, -0.15) is 0 Å². The molecule has 0 atom stereocenters. The van der Waals surface area contributed by atoms with Gasteiger partial charge in [0.1, 0.15) is 28.7 Å². The number of hydrogen-bond donors (Lipinski definition) is 1. The molecule has 0 radical (unpaired) electrons. The average Bonchev–Trinajstić information content (AvgIpc) is 3.15. The summed E-state index contributed by atoms with van der Waals surface area (Å²) in [7, 11) is 0. The first-order valence-electron chi connectivity index (χ1n) is 9.86. The zero-order valence-electron chi connectivity index (χ0n) is 17.1. The largest absolute Gasteiger partial charge is 0.360 e. The van der Waals surface area contributed by atoms with Gasteiger partial charge in [0, 0.05) is 31.9 Å². The molecule has 2 heterocycles. The fourth-order valence-corrected chi connectivity index (χ4v) is 3.78. The summed E-state index contributed by atoms with van der Waals surface area (Å²) in [6, 6.07) is 9.32. The first kappa shape index (κ1) is 21.8. The Balaban J connectivity index is 1.46. The molecule has 0 spiro atoms. The molecule has 166 valence electrons. The average molecular weight is 461 g/mol. The van der Waals surface area contributed by atoms with Crippen molar-refractivity contribution in [3.63, 3.8) is 0 Å². The Morgan fingerprint density at radius 1 is 1.03 bits per heavy atom. The van der Waals surface area contributed by atoms with Gasteiger partial charge in [0.15, 0.2) is 0 Å². The van der Waals surface area contributed by atoms with Crippen LogP contribution in [0, 0.1) is 18.6 Å². The number of nitrogens with one attached hydrogen (secondary N) is 1. The summed E-state index contributed by atoms with van der Waals surface area (Å²) >= 11 is 6.15. The molecular formula is C22H19ClF2N4O3. The minimum absolute atomic E-state index is 0.00618. The number of rotatable bonds is 3. The zero-order chi connectivity index (χ0) is 22.8. The molecule has 1 N–H and O–H groups in total. The van der Waals surface area contributed by atoms with E-state index in [2.05, 4.69) is 10.5 Å². The Morgan fingerprint density at radius 3 is 2.34 bits per heavy atom. The molecule has 0 unspecified atom stereocenters. The maximum Gasteiger partial charge on any atom is 0.321 e. The number of piperazine rings is 1. The van der Waals surface area contributed by atoms with E-state index in [4.69, 9.17) is 16.1 Å². The number of anilines is 1. The highest BCUT2D eigenvalue weighted by Gasteiger charge is 2.31. The monoisotopic (exact) mass is 460 g/mol. The van der Waals surface area contributed by atoms with Gasteiger partial charge in [-0.1, -0.05) is 22.8 Å². The number of halogens is 3. The van der Waals surface area contributed by atoms with E-state index in [9.17, 15) is 18.4 Å². The summed E-state index contributed by atoms with van der Waals surface area (Å²) in [6.45, 7) is 2.69. The van der Waals surface area contributed by atoms with Gasteiger partial charge < -0.3 is 19.6 Å². The van der Waals surface area contributed by atoms with Gasteiger partial charge >= 0.3 is 6.03 Å². The first-order valence-corrected chi connectivity index (χ1v) is 10.2. The Kier molecular flexibility index (Phi) is 6.09. The number of hydrogen-bond acceptors (Lipinski definition) is 4. The van der Waals surface area contributed by atoms with E-state index in [0.29, 0.717) is 18.8 Å². The molecule has 4 rings (SSSR count). The maximum atomic E-state index is 14.4. The van der Waals surface area contributed by atoms with Crippen LogP contribution < -0.4 is 5.32 Å². The second-order valence-electron chi connectivity index (χ2n) is 7.28. The lowest BCUT2D eigenvalue weighted by Crippen LogP contribution is -2.51. The number of urea groups is 1. The van der Waals surface area contributed by atoms with E-state index < -0.39 is 11.6 Å². The molecule has 1 saturated heterocycles. The zero-order valence-corrected chi connectivity index (χ0v) is 17.8. The van der Waals surface area contributed by atoms with Gasteiger partial charge in [0.25, 0.3) is 5.91 Å². The van der Waals surface area contributed by atoms with E-state index in [1.165, 1.54) is 42.5 Å². The number of nitrogens with zero attached hydrogens (tertiary/aromatic N) is 3. The van der Waals surface area contributed by atoms with Gasteiger partial charge in [-0.15, -0.1) is 0 Å².